The molecule has 0 saturated heterocycles. The summed E-state index contributed by atoms with van der Waals surface area (Å²) in [5.41, 5.74) is 0. The van der Waals surface area contributed by atoms with Crippen molar-refractivity contribution < 1.29 is 15.0 Å². The zero-order valence-corrected chi connectivity index (χ0v) is 6.93. The molecule has 2 unspecified atom stereocenters. The molecule has 66 valence electrons. The monoisotopic (exact) mass is 162 g/mol. The Morgan fingerprint density at radius 1 is 1.27 bits per heavy atom. The van der Waals surface area contributed by atoms with Crippen LogP contribution in [0.15, 0.2) is 0 Å². The molecule has 0 radical (unpaired) electrons. The molecule has 11 heavy (non-hydrogen) atoms. The predicted molar refractivity (Wildman–Crippen MR) is 39.0 cm³/mol. The van der Waals surface area contributed by atoms with Gasteiger partial charge in [-0.3, -0.25) is 9.80 Å². The third-order valence-electron chi connectivity index (χ3n) is 1.28. The van der Waals surface area contributed by atoms with Crippen LogP contribution < -0.4 is 0 Å². The van der Waals surface area contributed by atoms with Crippen molar-refractivity contribution in [3.63, 3.8) is 0 Å². The lowest BCUT2D eigenvalue weighted by Crippen LogP contribution is -2.49. The molecule has 0 heterocycles. The van der Waals surface area contributed by atoms with Crippen molar-refractivity contribution in [3.05, 3.63) is 0 Å². The molecule has 1 amide bonds. The Bertz CT molecular complexity index is 119. The second-order valence-electron chi connectivity index (χ2n) is 2.32. The highest BCUT2D eigenvalue weighted by molar-refractivity contribution is 5.45. The van der Waals surface area contributed by atoms with Gasteiger partial charge in [0.25, 0.3) is 0 Å². The van der Waals surface area contributed by atoms with E-state index < -0.39 is 12.5 Å². The first-order valence-corrected chi connectivity index (χ1v) is 3.33. The first-order chi connectivity index (χ1) is 5.00. The van der Waals surface area contributed by atoms with Gasteiger partial charge < -0.3 is 10.2 Å². The number of carbonyl (C=O) groups is 1. The maximum atomic E-state index is 10.2. The number of hydrazine groups is 1. The van der Waals surface area contributed by atoms with Crippen LogP contribution >= 0.6 is 0 Å². The molecule has 0 saturated carbocycles. The summed E-state index contributed by atoms with van der Waals surface area (Å²) in [6.45, 7) is 2.93. The molecule has 0 aliphatic heterocycles. The fraction of sp³-hybridized carbons (Fsp3) is 0.833. The first kappa shape index (κ1) is 10.3. The van der Waals surface area contributed by atoms with E-state index in [0.29, 0.717) is 6.41 Å². The van der Waals surface area contributed by atoms with Crippen LogP contribution in [0.2, 0.25) is 0 Å². The van der Waals surface area contributed by atoms with Crippen molar-refractivity contribution in [2.24, 2.45) is 0 Å². The van der Waals surface area contributed by atoms with Gasteiger partial charge in [0.2, 0.25) is 6.41 Å². The Kier molecular flexibility index (Phi) is 4.02. The smallest absolute Gasteiger partial charge is 0.223 e. The number of aliphatic hydroxyl groups is 2. The molecule has 0 aromatic heterocycles. The third kappa shape index (κ3) is 2.83. The van der Waals surface area contributed by atoms with Gasteiger partial charge in [0.05, 0.1) is 0 Å². The van der Waals surface area contributed by atoms with Crippen molar-refractivity contribution in [1.29, 1.82) is 0 Å². The van der Waals surface area contributed by atoms with E-state index in [4.69, 9.17) is 10.2 Å². The number of aliphatic hydroxyl groups excluding tert-OH is 2. The van der Waals surface area contributed by atoms with Crippen LogP contribution in [0.1, 0.15) is 13.8 Å². The summed E-state index contributed by atoms with van der Waals surface area (Å²) in [7, 11) is 1.45. The minimum absolute atomic E-state index is 0.513. The van der Waals surface area contributed by atoms with Gasteiger partial charge in [-0.15, -0.1) is 0 Å². The Labute approximate surface area is 65.8 Å². The molecule has 0 spiro atoms. The molecular weight excluding hydrogens is 148 g/mol. The zero-order valence-electron chi connectivity index (χ0n) is 6.93. The van der Waals surface area contributed by atoms with Gasteiger partial charge in [0.1, 0.15) is 12.5 Å². The number of nitrogens with zero attached hydrogens (tertiary/aromatic N) is 2. The molecule has 0 aliphatic carbocycles. The van der Waals surface area contributed by atoms with Crippen LogP contribution in [0.4, 0.5) is 0 Å². The Hall–Kier alpha value is -0.650. The van der Waals surface area contributed by atoms with E-state index in [0.717, 1.165) is 10.0 Å². The summed E-state index contributed by atoms with van der Waals surface area (Å²) in [5.74, 6) is 0. The number of hydrogen-bond donors (Lipinski definition) is 2. The molecule has 0 aliphatic rings. The number of amides is 1. The maximum Gasteiger partial charge on any atom is 0.223 e. The molecule has 0 rings (SSSR count). The topological polar surface area (TPSA) is 64.0 Å². The summed E-state index contributed by atoms with van der Waals surface area (Å²) in [6, 6.07) is 0. The highest BCUT2D eigenvalue weighted by atomic mass is 16.3. The summed E-state index contributed by atoms with van der Waals surface area (Å²) in [5, 5.41) is 20.3. The predicted octanol–water partition coefficient (Wildman–Crippen LogP) is -1.03. The van der Waals surface area contributed by atoms with Gasteiger partial charge in [0.15, 0.2) is 0 Å². The lowest BCUT2D eigenvalue weighted by Gasteiger charge is -2.33. The van der Waals surface area contributed by atoms with Crippen LogP contribution in [-0.4, -0.2) is 46.1 Å². The average Bonchev–Trinajstić information content (AvgIpc) is 1.85. The highest BCUT2D eigenvalue weighted by Crippen LogP contribution is 2.01. The molecule has 0 bridgehead atoms. The van der Waals surface area contributed by atoms with E-state index in [1.165, 1.54) is 20.9 Å². The fourth-order valence-electron chi connectivity index (χ4n) is 0.894. The van der Waals surface area contributed by atoms with Crippen LogP contribution in [-0.2, 0) is 4.79 Å². The lowest BCUT2D eigenvalue weighted by atomic mass is 10.5. The summed E-state index contributed by atoms with van der Waals surface area (Å²) in [4.78, 5) is 10.2. The normalized spacial score (nSPS) is 16.2. The number of carbonyl (C=O) groups excluding carboxylic acids is 1. The van der Waals surface area contributed by atoms with Crippen molar-refractivity contribution in [3.8, 4) is 0 Å². The summed E-state index contributed by atoms with van der Waals surface area (Å²) >= 11 is 0. The van der Waals surface area contributed by atoms with Gasteiger partial charge in [-0.1, -0.05) is 0 Å². The molecular formula is C6H14N2O3. The van der Waals surface area contributed by atoms with Crippen LogP contribution in [0.3, 0.4) is 0 Å². The van der Waals surface area contributed by atoms with Gasteiger partial charge in [-0.25, -0.2) is 0 Å². The molecule has 5 heteroatoms. The second kappa shape index (κ2) is 4.27. The van der Waals surface area contributed by atoms with E-state index in [1.54, 1.807) is 0 Å². The third-order valence-corrected chi connectivity index (χ3v) is 1.28. The van der Waals surface area contributed by atoms with Crippen molar-refractivity contribution in [2.75, 3.05) is 7.05 Å². The lowest BCUT2D eigenvalue weighted by molar-refractivity contribution is -0.194. The fourth-order valence-corrected chi connectivity index (χ4v) is 0.894. The maximum absolute atomic E-state index is 10.2. The van der Waals surface area contributed by atoms with E-state index in [1.807, 2.05) is 0 Å². The number of rotatable bonds is 4. The standard InChI is InChI=1S/C6H14N2O3/c1-5(10)8(6(2)11)7(3)4-9/h4-6,10-11H,1-3H3. The molecule has 0 fully saturated rings. The molecule has 0 aromatic carbocycles. The van der Waals surface area contributed by atoms with E-state index in [-0.39, 0.29) is 0 Å². The SMILES string of the molecule is CC(O)N(C(C)O)N(C)C=O. The van der Waals surface area contributed by atoms with Crippen LogP contribution in [0.25, 0.3) is 0 Å². The van der Waals surface area contributed by atoms with Crippen LogP contribution in [0.5, 0.6) is 0 Å². The largest absolute Gasteiger partial charge is 0.377 e. The number of hydrogen-bond acceptors (Lipinski definition) is 4. The van der Waals surface area contributed by atoms with Crippen LogP contribution in [0, 0.1) is 0 Å². The quantitative estimate of drug-likeness (QED) is 0.315. The Balaban J connectivity index is 4.20. The van der Waals surface area contributed by atoms with Crippen molar-refractivity contribution in [1.82, 2.24) is 10.0 Å². The minimum atomic E-state index is -0.884. The average molecular weight is 162 g/mol. The van der Waals surface area contributed by atoms with Crippen molar-refractivity contribution in [2.45, 2.75) is 26.3 Å². The highest BCUT2D eigenvalue weighted by Gasteiger charge is 2.19. The van der Waals surface area contributed by atoms with Crippen molar-refractivity contribution >= 4 is 6.41 Å². The minimum Gasteiger partial charge on any atom is -0.377 e. The molecule has 0 aromatic rings. The summed E-state index contributed by atoms with van der Waals surface area (Å²) < 4.78 is 0. The molecule has 5 nitrogen and oxygen atoms in total. The first-order valence-electron chi connectivity index (χ1n) is 3.33. The Morgan fingerprint density at radius 3 is 1.73 bits per heavy atom. The van der Waals surface area contributed by atoms with Gasteiger partial charge in [0, 0.05) is 7.05 Å². The van der Waals surface area contributed by atoms with E-state index in [2.05, 4.69) is 0 Å². The van der Waals surface area contributed by atoms with Gasteiger partial charge in [-0.2, -0.15) is 5.01 Å². The van der Waals surface area contributed by atoms with E-state index >= 15 is 0 Å². The van der Waals surface area contributed by atoms with Gasteiger partial charge >= 0.3 is 0 Å². The summed E-state index contributed by atoms with van der Waals surface area (Å²) in [6.07, 6.45) is -1.25. The Morgan fingerprint density at radius 2 is 1.64 bits per heavy atom. The zero-order chi connectivity index (χ0) is 9.02. The van der Waals surface area contributed by atoms with Gasteiger partial charge in [-0.05, 0) is 13.8 Å². The van der Waals surface area contributed by atoms with E-state index in [9.17, 15) is 4.79 Å². The second-order valence-corrected chi connectivity index (χ2v) is 2.32. The molecule has 2 atom stereocenters. The molecule has 2 N–H and O–H groups in total.